The molecule has 3 heterocycles. The lowest BCUT2D eigenvalue weighted by atomic mass is 9.81. The number of amides is 1. The first-order chi connectivity index (χ1) is 16.3. The molecule has 3 aromatic rings. The number of nitrogens with zero attached hydrogens (tertiary/aromatic N) is 3. The van der Waals surface area contributed by atoms with E-state index in [2.05, 4.69) is 4.98 Å². The Bertz CT molecular complexity index is 1350. The molecule has 176 valence electrons. The van der Waals surface area contributed by atoms with Gasteiger partial charge in [0.05, 0.1) is 13.2 Å². The Hall–Kier alpha value is -3.88. The zero-order valence-corrected chi connectivity index (χ0v) is 19.0. The SMILES string of the molecule is COc1nc(=O)c(O)c2n1C(C1c3ccccc3COc3ccc(F)cc31)CN(C(C)C)C2=O. The predicted molar refractivity (Wildman–Crippen MR) is 121 cm³/mol. The van der Waals surface area contributed by atoms with Crippen LogP contribution in [0.15, 0.2) is 47.3 Å². The van der Waals surface area contributed by atoms with Crippen LogP contribution in [0.4, 0.5) is 4.39 Å². The van der Waals surface area contributed by atoms with Crippen molar-refractivity contribution in [3.05, 3.63) is 81.0 Å². The van der Waals surface area contributed by atoms with Gasteiger partial charge in [0, 0.05) is 24.1 Å². The molecule has 2 atom stereocenters. The van der Waals surface area contributed by atoms with Crippen molar-refractivity contribution in [1.29, 1.82) is 0 Å². The first kappa shape index (κ1) is 21.9. The van der Waals surface area contributed by atoms with Gasteiger partial charge in [-0.1, -0.05) is 24.3 Å². The van der Waals surface area contributed by atoms with E-state index in [1.165, 1.54) is 23.8 Å². The van der Waals surface area contributed by atoms with Crippen LogP contribution in [-0.2, 0) is 6.61 Å². The number of methoxy groups -OCH3 is 1. The molecule has 2 unspecified atom stereocenters. The van der Waals surface area contributed by atoms with Crippen LogP contribution in [0.2, 0.25) is 0 Å². The van der Waals surface area contributed by atoms with Gasteiger partial charge in [-0.05, 0) is 43.2 Å². The Morgan fingerprint density at radius 3 is 2.68 bits per heavy atom. The molecule has 0 radical (unpaired) electrons. The summed E-state index contributed by atoms with van der Waals surface area (Å²) in [5.41, 5.74) is 1.26. The van der Waals surface area contributed by atoms with Gasteiger partial charge >= 0.3 is 11.6 Å². The van der Waals surface area contributed by atoms with Gasteiger partial charge in [0.15, 0.2) is 5.69 Å². The molecule has 0 spiro atoms. The molecule has 2 aromatic carbocycles. The predicted octanol–water partition coefficient (Wildman–Crippen LogP) is 3.23. The molecule has 0 fully saturated rings. The molecular formula is C25H24FN3O5. The second-order valence-corrected chi connectivity index (χ2v) is 8.74. The van der Waals surface area contributed by atoms with Crippen molar-refractivity contribution in [2.24, 2.45) is 0 Å². The van der Waals surface area contributed by atoms with Crippen molar-refractivity contribution < 1.29 is 23.8 Å². The van der Waals surface area contributed by atoms with E-state index < -0.39 is 35.0 Å². The number of aromatic hydroxyl groups is 1. The van der Waals surface area contributed by atoms with Gasteiger partial charge in [0.25, 0.3) is 5.91 Å². The zero-order valence-electron chi connectivity index (χ0n) is 19.0. The fraction of sp³-hybridized carbons (Fsp3) is 0.320. The largest absolute Gasteiger partial charge is 0.501 e. The molecule has 0 saturated carbocycles. The third kappa shape index (κ3) is 3.30. The fourth-order valence-corrected chi connectivity index (χ4v) is 4.96. The molecule has 0 bridgehead atoms. The summed E-state index contributed by atoms with van der Waals surface area (Å²) in [4.78, 5) is 31.2. The molecule has 8 nitrogen and oxygen atoms in total. The summed E-state index contributed by atoms with van der Waals surface area (Å²) < 4.78 is 27.4. The van der Waals surface area contributed by atoms with E-state index in [1.807, 2.05) is 38.1 Å². The van der Waals surface area contributed by atoms with Crippen molar-refractivity contribution >= 4 is 5.91 Å². The standard InChI is InChI=1S/C25H24FN3O5/c1-13(2)28-11-18(29-21(24(28)32)22(30)23(31)27-25(29)33-3)20-16-7-5-4-6-14(16)12-34-19-9-8-15(26)10-17(19)20/h4-10,13,18,20,30H,11-12H2,1-3H3. The van der Waals surface area contributed by atoms with Gasteiger partial charge in [0.2, 0.25) is 5.75 Å². The molecule has 0 saturated heterocycles. The van der Waals surface area contributed by atoms with E-state index >= 15 is 0 Å². The van der Waals surface area contributed by atoms with Crippen molar-refractivity contribution in [1.82, 2.24) is 14.5 Å². The summed E-state index contributed by atoms with van der Waals surface area (Å²) in [5.74, 6) is -1.63. The molecular weight excluding hydrogens is 441 g/mol. The van der Waals surface area contributed by atoms with Gasteiger partial charge in [-0.25, -0.2) is 4.39 Å². The Kier molecular flexibility index (Phi) is 5.27. The van der Waals surface area contributed by atoms with Crippen molar-refractivity contribution in [3.63, 3.8) is 0 Å². The van der Waals surface area contributed by atoms with Gasteiger partial charge in [0.1, 0.15) is 18.2 Å². The second kappa shape index (κ2) is 8.16. The smallest absolute Gasteiger partial charge is 0.318 e. The lowest BCUT2D eigenvalue weighted by Gasteiger charge is -2.42. The van der Waals surface area contributed by atoms with E-state index in [0.717, 1.165) is 11.1 Å². The number of ether oxygens (including phenoxy) is 2. The average molecular weight is 465 g/mol. The first-order valence-corrected chi connectivity index (χ1v) is 11.0. The molecule has 1 aromatic heterocycles. The normalized spacial score (nSPS) is 19.1. The van der Waals surface area contributed by atoms with E-state index in [4.69, 9.17) is 9.47 Å². The fourth-order valence-electron chi connectivity index (χ4n) is 4.96. The van der Waals surface area contributed by atoms with E-state index in [0.29, 0.717) is 17.9 Å². The Labute approximate surface area is 195 Å². The maximum Gasteiger partial charge on any atom is 0.318 e. The van der Waals surface area contributed by atoms with Gasteiger partial charge in [-0.15, -0.1) is 0 Å². The second-order valence-electron chi connectivity index (χ2n) is 8.74. The van der Waals surface area contributed by atoms with Crippen LogP contribution in [0.1, 0.15) is 53.0 Å². The molecule has 2 aliphatic heterocycles. The van der Waals surface area contributed by atoms with E-state index in [-0.39, 0.29) is 24.3 Å². The molecule has 5 rings (SSSR count). The Morgan fingerprint density at radius 2 is 1.94 bits per heavy atom. The van der Waals surface area contributed by atoms with Crippen LogP contribution in [0, 0.1) is 5.82 Å². The number of halogens is 1. The molecule has 34 heavy (non-hydrogen) atoms. The summed E-state index contributed by atoms with van der Waals surface area (Å²) in [5, 5.41) is 10.7. The third-order valence-electron chi connectivity index (χ3n) is 6.52. The molecule has 1 N–H and O–H groups in total. The number of fused-ring (bicyclic) bond motifs is 3. The van der Waals surface area contributed by atoms with Gasteiger partial charge < -0.3 is 19.5 Å². The van der Waals surface area contributed by atoms with Crippen LogP contribution in [0.3, 0.4) is 0 Å². The number of rotatable bonds is 3. The number of hydrogen-bond donors (Lipinski definition) is 1. The minimum absolute atomic E-state index is 0.0971. The quantitative estimate of drug-likeness (QED) is 0.639. The molecule has 9 heteroatoms. The van der Waals surface area contributed by atoms with Crippen LogP contribution in [-0.4, -0.2) is 45.2 Å². The first-order valence-electron chi connectivity index (χ1n) is 11.0. The van der Waals surface area contributed by atoms with Crippen LogP contribution < -0.4 is 15.0 Å². The zero-order chi connectivity index (χ0) is 24.1. The van der Waals surface area contributed by atoms with Crippen LogP contribution in [0.5, 0.6) is 17.5 Å². The Morgan fingerprint density at radius 1 is 1.18 bits per heavy atom. The highest BCUT2D eigenvalue weighted by molar-refractivity contribution is 5.96. The minimum atomic E-state index is -0.947. The van der Waals surface area contributed by atoms with Crippen molar-refractivity contribution in [3.8, 4) is 17.5 Å². The summed E-state index contributed by atoms with van der Waals surface area (Å²) in [7, 11) is 1.35. The maximum atomic E-state index is 14.5. The van der Waals surface area contributed by atoms with Gasteiger partial charge in [-0.3, -0.25) is 14.2 Å². The number of carbonyl (C=O) groups excluding carboxylic acids is 1. The summed E-state index contributed by atoms with van der Waals surface area (Å²) >= 11 is 0. The lowest BCUT2D eigenvalue weighted by Crippen LogP contribution is -2.49. The molecule has 1 amide bonds. The number of hydrogen-bond acceptors (Lipinski definition) is 6. The highest BCUT2D eigenvalue weighted by Crippen LogP contribution is 2.47. The highest BCUT2D eigenvalue weighted by atomic mass is 19.1. The van der Waals surface area contributed by atoms with Crippen LogP contribution in [0.25, 0.3) is 0 Å². The summed E-state index contributed by atoms with van der Waals surface area (Å²) in [6, 6.07) is 11.2. The van der Waals surface area contributed by atoms with Crippen LogP contribution >= 0.6 is 0 Å². The number of aromatic nitrogens is 2. The number of benzene rings is 2. The third-order valence-corrected chi connectivity index (χ3v) is 6.52. The number of carbonyl (C=O) groups is 1. The Balaban J connectivity index is 1.85. The monoisotopic (exact) mass is 465 g/mol. The minimum Gasteiger partial charge on any atom is -0.501 e. The topological polar surface area (TPSA) is 93.9 Å². The van der Waals surface area contributed by atoms with E-state index in [1.54, 1.807) is 11.0 Å². The highest BCUT2D eigenvalue weighted by Gasteiger charge is 2.43. The molecule has 2 aliphatic rings. The lowest BCUT2D eigenvalue weighted by molar-refractivity contribution is 0.0572. The van der Waals surface area contributed by atoms with Gasteiger partial charge in [-0.2, -0.15) is 4.98 Å². The molecule has 0 aliphatic carbocycles. The maximum absolute atomic E-state index is 14.5. The summed E-state index contributed by atoms with van der Waals surface area (Å²) in [6.07, 6.45) is 0. The summed E-state index contributed by atoms with van der Waals surface area (Å²) in [6.45, 7) is 4.23. The van der Waals surface area contributed by atoms with Crippen molar-refractivity contribution in [2.75, 3.05) is 13.7 Å². The average Bonchev–Trinajstić information content (AvgIpc) is 2.97. The van der Waals surface area contributed by atoms with Crippen molar-refractivity contribution in [2.45, 2.75) is 38.5 Å². The van der Waals surface area contributed by atoms with E-state index in [9.17, 15) is 19.1 Å².